The molecule has 0 spiro atoms. The third kappa shape index (κ3) is 6.86. The Morgan fingerprint density at radius 1 is 1.21 bits per heavy atom. The highest BCUT2D eigenvalue weighted by Gasteiger charge is 2.24. The number of nitrogens with zero attached hydrogens (tertiary/aromatic N) is 4. The minimum absolute atomic E-state index is 0.0147. The van der Waals surface area contributed by atoms with Crippen molar-refractivity contribution in [1.29, 1.82) is 0 Å². The van der Waals surface area contributed by atoms with Gasteiger partial charge in [0, 0.05) is 19.6 Å². The summed E-state index contributed by atoms with van der Waals surface area (Å²) in [5.41, 5.74) is -1.26. The SMILES string of the molecule is NS(=O)(=O)CCCc1ccc(F)c(Nc2ccc3ncc(OCCN4CCOCC4)nc3c2[N+](=O)[O-])c1F. The van der Waals surface area contributed by atoms with Gasteiger partial charge in [-0.25, -0.2) is 32.3 Å². The van der Waals surface area contributed by atoms with Crippen LogP contribution in [-0.4, -0.2) is 73.4 Å². The van der Waals surface area contributed by atoms with Gasteiger partial charge in [0.05, 0.1) is 35.6 Å². The molecule has 1 aromatic heterocycles. The van der Waals surface area contributed by atoms with Crippen LogP contribution < -0.4 is 15.2 Å². The Morgan fingerprint density at radius 3 is 2.68 bits per heavy atom. The summed E-state index contributed by atoms with van der Waals surface area (Å²) in [7, 11) is -3.74. The van der Waals surface area contributed by atoms with Gasteiger partial charge >= 0.3 is 5.69 Å². The summed E-state index contributed by atoms with van der Waals surface area (Å²) in [4.78, 5) is 21.9. The highest BCUT2D eigenvalue weighted by Crippen LogP contribution is 2.36. The molecule has 1 aliphatic rings. The molecule has 0 atom stereocenters. The third-order valence-corrected chi connectivity index (χ3v) is 6.77. The van der Waals surface area contributed by atoms with Crippen molar-refractivity contribution < 1.29 is 31.6 Å². The van der Waals surface area contributed by atoms with Crippen LogP contribution >= 0.6 is 0 Å². The summed E-state index contributed by atoms with van der Waals surface area (Å²) in [5.74, 6) is -2.29. The van der Waals surface area contributed by atoms with Crippen molar-refractivity contribution >= 4 is 38.1 Å². The van der Waals surface area contributed by atoms with Crippen LogP contribution in [0.4, 0.5) is 25.8 Å². The van der Waals surface area contributed by atoms with E-state index in [0.717, 1.165) is 19.2 Å². The van der Waals surface area contributed by atoms with Crippen molar-refractivity contribution in [3.8, 4) is 5.88 Å². The third-order valence-electron chi connectivity index (χ3n) is 5.92. The maximum absolute atomic E-state index is 15.1. The topological polar surface area (TPSA) is 163 Å². The Morgan fingerprint density at radius 2 is 1.97 bits per heavy atom. The number of halogens is 2. The van der Waals surface area contributed by atoms with E-state index in [1.54, 1.807) is 0 Å². The number of rotatable bonds is 11. The van der Waals surface area contributed by atoms with E-state index in [1.165, 1.54) is 24.4 Å². The first-order valence-electron chi connectivity index (χ1n) is 11.7. The number of aryl methyl sites for hydroxylation is 1. The number of morpholine rings is 1. The molecule has 204 valence electrons. The quantitative estimate of drug-likeness (QED) is 0.267. The van der Waals surface area contributed by atoms with Gasteiger partial charge in [0.1, 0.15) is 23.8 Å². The molecule has 3 N–H and O–H groups in total. The molecule has 1 fully saturated rings. The Hall–Kier alpha value is -3.53. The number of primary sulfonamides is 1. The zero-order valence-electron chi connectivity index (χ0n) is 20.2. The van der Waals surface area contributed by atoms with Crippen LogP contribution in [0.1, 0.15) is 12.0 Å². The number of hydrogen-bond acceptors (Lipinski definition) is 10. The number of sulfonamides is 1. The Kier molecular flexibility index (Phi) is 8.61. The van der Waals surface area contributed by atoms with Crippen LogP contribution in [0.5, 0.6) is 5.88 Å². The monoisotopic (exact) mass is 552 g/mol. The van der Waals surface area contributed by atoms with Crippen LogP contribution in [0.3, 0.4) is 0 Å². The van der Waals surface area contributed by atoms with Crippen molar-refractivity contribution in [2.75, 3.05) is 50.5 Å². The van der Waals surface area contributed by atoms with Gasteiger partial charge in [0.2, 0.25) is 15.9 Å². The van der Waals surface area contributed by atoms with Gasteiger partial charge in [-0.3, -0.25) is 15.0 Å². The smallest absolute Gasteiger partial charge is 0.320 e. The number of nitro groups is 1. The number of ether oxygens (including phenoxy) is 2. The van der Waals surface area contributed by atoms with Crippen molar-refractivity contribution in [2.45, 2.75) is 12.8 Å². The van der Waals surface area contributed by atoms with E-state index in [1.807, 2.05) is 0 Å². The van der Waals surface area contributed by atoms with E-state index in [9.17, 15) is 22.9 Å². The molecule has 3 aromatic rings. The second-order valence-electron chi connectivity index (χ2n) is 8.59. The van der Waals surface area contributed by atoms with Crippen LogP contribution in [0.15, 0.2) is 30.5 Å². The molecule has 12 nitrogen and oxygen atoms in total. The Labute approximate surface area is 217 Å². The van der Waals surface area contributed by atoms with Crippen molar-refractivity contribution in [1.82, 2.24) is 14.9 Å². The maximum Gasteiger partial charge on any atom is 0.320 e. The lowest BCUT2D eigenvalue weighted by molar-refractivity contribution is -0.382. The number of fused-ring (bicyclic) bond motifs is 1. The number of nitro benzene ring substituents is 1. The van der Waals surface area contributed by atoms with Gasteiger partial charge in [0.15, 0.2) is 11.3 Å². The molecule has 0 amide bonds. The number of hydrogen-bond donors (Lipinski definition) is 2. The number of nitrogens with one attached hydrogen (secondary N) is 1. The maximum atomic E-state index is 15.1. The van der Waals surface area contributed by atoms with E-state index in [2.05, 4.69) is 20.2 Å². The second kappa shape index (κ2) is 11.9. The first-order valence-corrected chi connectivity index (χ1v) is 13.5. The summed E-state index contributed by atoms with van der Waals surface area (Å²) >= 11 is 0. The fourth-order valence-corrected chi connectivity index (χ4v) is 4.56. The van der Waals surface area contributed by atoms with Gasteiger partial charge in [-0.15, -0.1) is 0 Å². The highest BCUT2D eigenvalue weighted by atomic mass is 32.2. The van der Waals surface area contributed by atoms with E-state index < -0.39 is 38.0 Å². The first-order chi connectivity index (χ1) is 18.1. The zero-order chi connectivity index (χ0) is 27.3. The Balaban J connectivity index is 1.58. The number of anilines is 2. The van der Waals surface area contributed by atoms with Crippen LogP contribution in [0, 0.1) is 21.7 Å². The van der Waals surface area contributed by atoms with Gasteiger partial charge in [-0.05, 0) is 36.6 Å². The summed E-state index contributed by atoms with van der Waals surface area (Å²) in [6.07, 6.45) is 1.33. The minimum Gasteiger partial charge on any atom is -0.475 e. The summed E-state index contributed by atoms with van der Waals surface area (Å²) < 4.78 is 63.0. The van der Waals surface area contributed by atoms with E-state index >= 15 is 4.39 Å². The molecule has 15 heteroatoms. The lowest BCUT2D eigenvalue weighted by atomic mass is 10.1. The number of benzene rings is 2. The average molecular weight is 553 g/mol. The Bertz CT molecular complexity index is 1440. The largest absolute Gasteiger partial charge is 0.475 e. The minimum atomic E-state index is -3.74. The molecule has 1 saturated heterocycles. The fourth-order valence-electron chi connectivity index (χ4n) is 4.01. The van der Waals surface area contributed by atoms with Gasteiger partial charge in [-0.1, -0.05) is 6.07 Å². The fraction of sp³-hybridized carbons (Fsp3) is 0.391. The van der Waals surface area contributed by atoms with Gasteiger partial charge < -0.3 is 14.8 Å². The summed E-state index contributed by atoms with van der Waals surface area (Å²) in [5, 5.41) is 19.5. The predicted octanol–water partition coefficient (Wildman–Crippen LogP) is 2.49. The molecule has 2 aromatic carbocycles. The van der Waals surface area contributed by atoms with Crippen molar-refractivity contribution in [3.05, 3.63) is 57.8 Å². The molecular formula is C23H26F2N6O6S. The van der Waals surface area contributed by atoms with Crippen LogP contribution in [-0.2, 0) is 21.2 Å². The van der Waals surface area contributed by atoms with Crippen molar-refractivity contribution in [3.63, 3.8) is 0 Å². The molecule has 0 bridgehead atoms. The van der Waals surface area contributed by atoms with Crippen LogP contribution in [0.25, 0.3) is 11.0 Å². The van der Waals surface area contributed by atoms with E-state index in [-0.39, 0.29) is 53.4 Å². The first kappa shape index (κ1) is 27.5. The highest BCUT2D eigenvalue weighted by molar-refractivity contribution is 7.89. The van der Waals surface area contributed by atoms with Gasteiger partial charge in [-0.2, -0.15) is 0 Å². The zero-order valence-corrected chi connectivity index (χ0v) is 21.0. The van der Waals surface area contributed by atoms with E-state index in [4.69, 9.17) is 14.6 Å². The molecule has 1 aliphatic heterocycles. The van der Waals surface area contributed by atoms with Gasteiger partial charge in [0.25, 0.3) is 0 Å². The molecule has 0 saturated carbocycles. The van der Waals surface area contributed by atoms with Crippen LogP contribution in [0.2, 0.25) is 0 Å². The molecule has 0 unspecified atom stereocenters. The summed E-state index contributed by atoms with van der Waals surface area (Å²) in [6.45, 7) is 3.70. The molecule has 0 radical (unpaired) electrons. The predicted molar refractivity (Wildman–Crippen MR) is 135 cm³/mol. The average Bonchev–Trinajstić information content (AvgIpc) is 2.87. The number of nitrogens with two attached hydrogens (primary N) is 1. The van der Waals surface area contributed by atoms with Crippen molar-refractivity contribution in [2.24, 2.45) is 5.14 Å². The summed E-state index contributed by atoms with van der Waals surface area (Å²) in [6, 6.07) is 4.88. The normalized spacial score (nSPS) is 14.5. The molecule has 38 heavy (non-hydrogen) atoms. The molecule has 0 aliphatic carbocycles. The van der Waals surface area contributed by atoms with E-state index in [0.29, 0.717) is 19.8 Å². The molecular weight excluding hydrogens is 526 g/mol. The molecule has 4 rings (SSSR count). The number of aromatic nitrogens is 2. The standard InChI is InChI=1S/C23H26F2N6O6S/c24-16-4-3-15(2-1-13-38(26,34)35)20(25)21(16)28-18-6-5-17-22(23(18)31(32)33)29-19(14-27-17)37-12-9-30-7-10-36-11-8-30/h3-6,14,28H,1-2,7-13H2,(H2,26,34,35). The second-order valence-corrected chi connectivity index (χ2v) is 10.3. The lowest BCUT2D eigenvalue weighted by Gasteiger charge is -2.26. The lowest BCUT2D eigenvalue weighted by Crippen LogP contribution is -2.38. The molecule has 2 heterocycles.